The number of alkyl halides is 2. The van der Waals surface area contributed by atoms with Gasteiger partial charge >= 0.3 is 0 Å². The third-order valence-electron chi connectivity index (χ3n) is 5.22. The van der Waals surface area contributed by atoms with E-state index in [1.54, 1.807) is 0 Å². The fourth-order valence-corrected chi connectivity index (χ4v) is 4.10. The molecule has 0 bridgehead atoms. The van der Waals surface area contributed by atoms with Crippen LogP contribution in [0.15, 0.2) is 36.4 Å². The number of fused-ring (bicyclic) bond motifs is 3. The Morgan fingerprint density at radius 3 is 2.43 bits per heavy atom. The van der Waals surface area contributed by atoms with Gasteiger partial charge in [0.2, 0.25) is 0 Å². The van der Waals surface area contributed by atoms with E-state index >= 15 is 0 Å². The monoisotopic (exact) mass is 313 g/mol. The molecule has 0 amide bonds. The number of halogens is 2. The normalized spacial score (nSPS) is 22.3. The second kappa shape index (κ2) is 5.41. The maximum absolute atomic E-state index is 14.8. The Balaban J connectivity index is 1.89. The van der Waals surface area contributed by atoms with E-state index in [2.05, 4.69) is 11.4 Å². The standard InChI is InChI=1S/C20H21F2N/c1-13-2-4-15(5-3-13)19-18-16(12-20(19,21)22)7-6-14-8-10-23-11-9-17(14)18/h2-7,19,23H,8-12H2,1H3. The van der Waals surface area contributed by atoms with Crippen LogP contribution in [0.2, 0.25) is 0 Å². The molecule has 0 spiro atoms. The lowest BCUT2D eigenvalue weighted by atomic mass is 9.85. The highest BCUT2D eigenvalue weighted by Crippen LogP contribution is 2.50. The van der Waals surface area contributed by atoms with Crippen LogP contribution in [0.5, 0.6) is 0 Å². The molecule has 0 saturated heterocycles. The Labute approximate surface area is 135 Å². The summed E-state index contributed by atoms with van der Waals surface area (Å²) in [5.41, 5.74) is 5.98. The van der Waals surface area contributed by atoms with Crippen molar-refractivity contribution in [1.82, 2.24) is 5.32 Å². The predicted octanol–water partition coefficient (Wildman–Crippen LogP) is 4.01. The van der Waals surface area contributed by atoms with E-state index in [0.717, 1.165) is 53.7 Å². The molecule has 1 heterocycles. The van der Waals surface area contributed by atoms with Crippen LogP contribution in [0.4, 0.5) is 8.78 Å². The summed E-state index contributed by atoms with van der Waals surface area (Å²) in [5.74, 6) is -3.50. The molecule has 120 valence electrons. The first-order chi connectivity index (χ1) is 11.1. The van der Waals surface area contributed by atoms with Crippen LogP contribution in [0.3, 0.4) is 0 Å². The van der Waals surface area contributed by atoms with Crippen molar-refractivity contribution in [3.8, 4) is 0 Å². The van der Waals surface area contributed by atoms with Gasteiger partial charge in [0.1, 0.15) is 0 Å². The summed E-state index contributed by atoms with van der Waals surface area (Å²) in [6.45, 7) is 3.79. The molecule has 1 aliphatic carbocycles. The second-order valence-corrected chi connectivity index (χ2v) is 6.81. The topological polar surface area (TPSA) is 12.0 Å². The third kappa shape index (κ3) is 2.47. The quantitative estimate of drug-likeness (QED) is 0.839. The Morgan fingerprint density at radius 1 is 0.957 bits per heavy atom. The average Bonchev–Trinajstić information content (AvgIpc) is 2.67. The molecule has 0 fully saturated rings. The lowest BCUT2D eigenvalue weighted by molar-refractivity contribution is -0.00372. The molecule has 3 heteroatoms. The molecule has 2 aliphatic rings. The Morgan fingerprint density at radius 2 is 1.65 bits per heavy atom. The molecule has 4 rings (SSSR count). The van der Waals surface area contributed by atoms with E-state index in [1.165, 1.54) is 5.56 Å². The van der Waals surface area contributed by atoms with Crippen LogP contribution < -0.4 is 5.32 Å². The highest BCUT2D eigenvalue weighted by molar-refractivity contribution is 5.53. The van der Waals surface area contributed by atoms with Crippen molar-refractivity contribution in [3.05, 3.63) is 69.8 Å². The van der Waals surface area contributed by atoms with Gasteiger partial charge in [-0.25, -0.2) is 8.78 Å². The van der Waals surface area contributed by atoms with E-state index in [1.807, 2.05) is 37.3 Å². The van der Waals surface area contributed by atoms with Crippen molar-refractivity contribution in [3.63, 3.8) is 0 Å². The molecule has 1 N–H and O–H groups in total. The Bertz CT molecular complexity index is 734. The van der Waals surface area contributed by atoms with Gasteiger partial charge < -0.3 is 5.32 Å². The summed E-state index contributed by atoms with van der Waals surface area (Å²) in [6, 6.07) is 11.6. The maximum atomic E-state index is 14.8. The summed E-state index contributed by atoms with van der Waals surface area (Å²) in [4.78, 5) is 0. The molecule has 1 nitrogen and oxygen atoms in total. The van der Waals surface area contributed by atoms with Crippen molar-refractivity contribution in [2.45, 2.75) is 38.0 Å². The summed E-state index contributed by atoms with van der Waals surface area (Å²) in [5, 5.41) is 3.38. The lowest BCUT2D eigenvalue weighted by Crippen LogP contribution is -2.24. The summed E-state index contributed by atoms with van der Waals surface area (Å²) >= 11 is 0. The molecule has 0 aromatic heterocycles. The Hall–Kier alpha value is -1.74. The molecule has 2 aromatic carbocycles. The number of benzene rings is 2. The molecule has 2 aromatic rings. The van der Waals surface area contributed by atoms with Crippen LogP contribution in [-0.4, -0.2) is 19.0 Å². The summed E-state index contributed by atoms with van der Waals surface area (Å²) < 4.78 is 29.7. The van der Waals surface area contributed by atoms with Gasteiger partial charge in [-0.3, -0.25) is 0 Å². The number of aryl methyl sites for hydroxylation is 1. The van der Waals surface area contributed by atoms with Crippen LogP contribution >= 0.6 is 0 Å². The van der Waals surface area contributed by atoms with E-state index in [0.29, 0.717) is 0 Å². The van der Waals surface area contributed by atoms with Crippen LogP contribution in [0.1, 0.15) is 39.3 Å². The predicted molar refractivity (Wildman–Crippen MR) is 88.4 cm³/mol. The minimum Gasteiger partial charge on any atom is -0.316 e. The van der Waals surface area contributed by atoms with Crippen LogP contribution in [0, 0.1) is 6.92 Å². The fourth-order valence-electron chi connectivity index (χ4n) is 4.10. The highest BCUT2D eigenvalue weighted by atomic mass is 19.3. The zero-order valence-corrected chi connectivity index (χ0v) is 13.3. The van der Waals surface area contributed by atoms with Gasteiger partial charge in [0.05, 0.1) is 5.92 Å². The number of hydrogen-bond acceptors (Lipinski definition) is 1. The third-order valence-corrected chi connectivity index (χ3v) is 5.22. The lowest BCUT2D eigenvalue weighted by Gasteiger charge is -2.23. The SMILES string of the molecule is Cc1ccc(C2c3c(ccc4c3CCNCC4)CC2(F)F)cc1. The van der Waals surface area contributed by atoms with Gasteiger partial charge in [-0.1, -0.05) is 42.0 Å². The second-order valence-electron chi connectivity index (χ2n) is 6.81. The molecular formula is C20H21F2N. The van der Waals surface area contributed by atoms with Gasteiger partial charge in [0.25, 0.3) is 5.92 Å². The van der Waals surface area contributed by atoms with Crippen molar-refractivity contribution < 1.29 is 8.78 Å². The first-order valence-electron chi connectivity index (χ1n) is 8.35. The van der Waals surface area contributed by atoms with Crippen LogP contribution in [0.25, 0.3) is 0 Å². The first-order valence-corrected chi connectivity index (χ1v) is 8.35. The van der Waals surface area contributed by atoms with Crippen molar-refractivity contribution in [2.24, 2.45) is 0 Å². The Kier molecular flexibility index (Phi) is 3.49. The minimum atomic E-state index is -2.70. The molecule has 1 atom stereocenters. The van der Waals surface area contributed by atoms with E-state index < -0.39 is 11.8 Å². The fraction of sp³-hybridized carbons (Fsp3) is 0.400. The van der Waals surface area contributed by atoms with Gasteiger partial charge in [-0.2, -0.15) is 0 Å². The zero-order valence-electron chi connectivity index (χ0n) is 13.3. The van der Waals surface area contributed by atoms with E-state index in [9.17, 15) is 8.78 Å². The smallest absolute Gasteiger partial charge is 0.262 e. The summed E-state index contributed by atoms with van der Waals surface area (Å²) in [6.07, 6.45) is 1.63. The highest BCUT2D eigenvalue weighted by Gasteiger charge is 2.49. The van der Waals surface area contributed by atoms with Gasteiger partial charge in [-0.15, -0.1) is 0 Å². The van der Waals surface area contributed by atoms with Crippen molar-refractivity contribution >= 4 is 0 Å². The first kappa shape index (κ1) is 14.8. The van der Waals surface area contributed by atoms with E-state index in [4.69, 9.17) is 0 Å². The van der Waals surface area contributed by atoms with Crippen molar-refractivity contribution in [1.29, 1.82) is 0 Å². The van der Waals surface area contributed by atoms with Crippen LogP contribution in [-0.2, 0) is 19.3 Å². The number of hydrogen-bond donors (Lipinski definition) is 1. The van der Waals surface area contributed by atoms with E-state index in [-0.39, 0.29) is 6.42 Å². The van der Waals surface area contributed by atoms with Crippen molar-refractivity contribution in [2.75, 3.05) is 13.1 Å². The average molecular weight is 313 g/mol. The molecule has 0 saturated carbocycles. The largest absolute Gasteiger partial charge is 0.316 e. The van der Waals surface area contributed by atoms with Gasteiger partial charge in [-0.05, 0) is 60.7 Å². The molecule has 1 unspecified atom stereocenters. The van der Waals surface area contributed by atoms with Gasteiger partial charge in [0, 0.05) is 6.42 Å². The number of nitrogens with one attached hydrogen (secondary N) is 1. The van der Waals surface area contributed by atoms with Gasteiger partial charge in [0.15, 0.2) is 0 Å². The molecule has 23 heavy (non-hydrogen) atoms. The zero-order chi connectivity index (χ0) is 16.0. The number of rotatable bonds is 1. The maximum Gasteiger partial charge on any atom is 0.262 e. The minimum absolute atomic E-state index is 0.137. The summed E-state index contributed by atoms with van der Waals surface area (Å²) in [7, 11) is 0. The molecular weight excluding hydrogens is 292 g/mol. The molecule has 0 radical (unpaired) electrons. The molecule has 1 aliphatic heterocycles.